The maximum atomic E-state index is 9.41. The van der Waals surface area contributed by atoms with Crippen molar-refractivity contribution in [1.82, 2.24) is 5.32 Å². The summed E-state index contributed by atoms with van der Waals surface area (Å²) in [6, 6.07) is 1.52. The van der Waals surface area contributed by atoms with Crippen molar-refractivity contribution in [3.05, 3.63) is 22.2 Å². The van der Waals surface area contributed by atoms with E-state index >= 15 is 0 Å². The standard InChI is InChI=1S/C10H14ClNO2/c1-6-5-8(13)10(14)9(11)7(6)3-4-12-2/h5,12-14H,3-4H2,1-2H3. The highest BCUT2D eigenvalue weighted by Crippen LogP contribution is 2.37. The Morgan fingerprint density at radius 2 is 2.07 bits per heavy atom. The Bertz CT molecular complexity index is 339. The van der Waals surface area contributed by atoms with Gasteiger partial charge in [0.25, 0.3) is 0 Å². The van der Waals surface area contributed by atoms with Crippen molar-refractivity contribution < 1.29 is 10.2 Å². The first-order valence-electron chi connectivity index (χ1n) is 4.42. The molecular weight excluding hydrogens is 202 g/mol. The van der Waals surface area contributed by atoms with E-state index in [1.54, 1.807) is 0 Å². The van der Waals surface area contributed by atoms with Crippen molar-refractivity contribution in [2.24, 2.45) is 0 Å². The van der Waals surface area contributed by atoms with Gasteiger partial charge in [0.05, 0.1) is 5.02 Å². The summed E-state index contributed by atoms with van der Waals surface area (Å²) in [5.41, 5.74) is 1.76. The number of rotatable bonds is 3. The molecule has 0 aliphatic rings. The number of phenols is 2. The maximum Gasteiger partial charge on any atom is 0.176 e. The van der Waals surface area contributed by atoms with Gasteiger partial charge < -0.3 is 15.5 Å². The topological polar surface area (TPSA) is 52.5 Å². The number of nitrogens with one attached hydrogen (secondary N) is 1. The summed E-state index contributed by atoms with van der Waals surface area (Å²) in [7, 11) is 1.85. The monoisotopic (exact) mass is 215 g/mol. The molecule has 14 heavy (non-hydrogen) atoms. The molecule has 0 heterocycles. The van der Waals surface area contributed by atoms with E-state index in [-0.39, 0.29) is 16.5 Å². The molecule has 0 saturated heterocycles. The predicted molar refractivity (Wildman–Crippen MR) is 57.1 cm³/mol. The van der Waals surface area contributed by atoms with E-state index in [4.69, 9.17) is 11.6 Å². The minimum atomic E-state index is -0.233. The Labute approximate surface area is 88.3 Å². The Morgan fingerprint density at radius 1 is 1.43 bits per heavy atom. The fourth-order valence-electron chi connectivity index (χ4n) is 1.35. The van der Waals surface area contributed by atoms with Crippen LogP contribution >= 0.6 is 11.6 Å². The second-order valence-electron chi connectivity index (χ2n) is 3.21. The molecule has 3 nitrogen and oxygen atoms in total. The van der Waals surface area contributed by atoms with Gasteiger partial charge in [0.15, 0.2) is 11.5 Å². The van der Waals surface area contributed by atoms with Crippen LogP contribution in [0.15, 0.2) is 6.07 Å². The highest BCUT2D eigenvalue weighted by molar-refractivity contribution is 6.33. The van der Waals surface area contributed by atoms with Gasteiger partial charge in [-0.15, -0.1) is 0 Å². The number of phenolic OH excluding ortho intramolecular Hbond substituents is 2. The summed E-state index contributed by atoms with van der Waals surface area (Å²) in [4.78, 5) is 0. The van der Waals surface area contributed by atoms with Gasteiger partial charge in [-0.3, -0.25) is 0 Å². The summed E-state index contributed by atoms with van der Waals surface area (Å²) >= 11 is 5.90. The summed E-state index contributed by atoms with van der Waals surface area (Å²) in [6.45, 7) is 2.64. The van der Waals surface area contributed by atoms with Crippen LogP contribution in [0.5, 0.6) is 11.5 Å². The second kappa shape index (κ2) is 4.53. The lowest BCUT2D eigenvalue weighted by molar-refractivity contribution is 0.403. The van der Waals surface area contributed by atoms with Crippen LogP contribution in [0, 0.1) is 6.92 Å². The van der Waals surface area contributed by atoms with Crippen molar-refractivity contribution in [3.8, 4) is 11.5 Å². The van der Waals surface area contributed by atoms with Crippen LogP contribution in [0.3, 0.4) is 0 Å². The quantitative estimate of drug-likeness (QED) is 0.675. The van der Waals surface area contributed by atoms with E-state index in [1.807, 2.05) is 14.0 Å². The average molecular weight is 216 g/mol. The van der Waals surface area contributed by atoms with Crippen LogP contribution in [0.1, 0.15) is 11.1 Å². The minimum Gasteiger partial charge on any atom is -0.504 e. The lowest BCUT2D eigenvalue weighted by atomic mass is 10.0. The van der Waals surface area contributed by atoms with E-state index in [9.17, 15) is 10.2 Å². The van der Waals surface area contributed by atoms with Crippen molar-refractivity contribution >= 4 is 11.6 Å². The molecule has 0 atom stereocenters. The van der Waals surface area contributed by atoms with Crippen LogP contribution in [-0.4, -0.2) is 23.8 Å². The summed E-state index contributed by atoms with van der Waals surface area (Å²) in [6.07, 6.45) is 0.731. The second-order valence-corrected chi connectivity index (χ2v) is 3.59. The lowest BCUT2D eigenvalue weighted by Gasteiger charge is -2.10. The normalized spacial score (nSPS) is 10.5. The molecule has 0 saturated carbocycles. The lowest BCUT2D eigenvalue weighted by Crippen LogP contribution is -2.11. The number of hydrogen-bond acceptors (Lipinski definition) is 3. The number of likely N-dealkylation sites (N-methyl/N-ethyl adjacent to an activating group) is 1. The Balaban J connectivity index is 3.09. The van der Waals surface area contributed by atoms with Crippen molar-refractivity contribution in [1.29, 1.82) is 0 Å². The van der Waals surface area contributed by atoms with E-state index in [0.29, 0.717) is 0 Å². The smallest absolute Gasteiger partial charge is 0.176 e. The number of aryl methyl sites for hydroxylation is 1. The van der Waals surface area contributed by atoms with Gasteiger partial charge in [0, 0.05) is 0 Å². The molecule has 0 amide bonds. The third kappa shape index (κ3) is 2.11. The van der Waals surface area contributed by atoms with Gasteiger partial charge in [-0.25, -0.2) is 0 Å². The Hall–Kier alpha value is -0.930. The van der Waals surface area contributed by atoms with Crippen molar-refractivity contribution in [2.45, 2.75) is 13.3 Å². The first-order valence-corrected chi connectivity index (χ1v) is 4.80. The Morgan fingerprint density at radius 3 is 2.64 bits per heavy atom. The molecule has 1 aromatic rings. The number of halogens is 1. The number of hydrogen-bond donors (Lipinski definition) is 3. The third-order valence-electron chi connectivity index (χ3n) is 2.17. The summed E-state index contributed by atoms with van der Waals surface area (Å²) in [5.74, 6) is -0.399. The first-order chi connectivity index (χ1) is 6.57. The molecule has 0 aliphatic carbocycles. The molecule has 0 unspecified atom stereocenters. The molecule has 0 fully saturated rings. The van der Waals surface area contributed by atoms with Crippen LogP contribution in [0.4, 0.5) is 0 Å². The van der Waals surface area contributed by atoms with E-state index in [0.717, 1.165) is 24.1 Å². The molecule has 1 aromatic carbocycles. The van der Waals surface area contributed by atoms with Gasteiger partial charge in [-0.05, 0) is 44.1 Å². The fourth-order valence-corrected chi connectivity index (χ4v) is 1.69. The highest BCUT2D eigenvalue weighted by Gasteiger charge is 2.12. The van der Waals surface area contributed by atoms with Crippen LogP contribution in [0.2, 0.25) is 5.02 Å². The van der Waals surface area contributed by atoms with Gasteiger partial charge in [0.2, 0.25) is 0 Å². The molecule has 0 aromatic heterocycles. The largest absolute Gasteiger partial charge is 0.504 e. The maximum absolute atomic E-state index is 9.41. The molecule has 0 aliphatic heterocycles. The van der Waals surface area contributed by atoms with Crippen LogP contribution in [0.25, 0.3) is 0 Å². The molecular formula is C10H14ClNO2. The average Bonchev–Trinajstić information content (AvgIpc) is 2.14. The molecule has 0 spiro atoms. The molecule has 0 bridgehead atoms. The van der Waals surface area contributed by atoms with E-state index in [1.165, 1.54) is 6.07 Å². The third-order valence-corrected chi connectivity index (χ3v) is 2.58. The van der Waals surface area contributed by atoms with Gasteiger partial charge >= 0.3 is 0 Å². The summed E-state index contributed by atoms with van der Waals surface area (Å²) in [5, 5.41) is 21.9. The zero-order chi connectivity index (χ0) is 10.7. The van der Waals surface area contributed by atoms with Gasteiger partial charge in [0.1, 0.15) is 0 Å². The molecule has 0 radical (unpaired) electrons. The molecule has 3 N–H and O–H groups in total. The number of benzene rings is 1. The van der Waals surface area contributed by atoms with E-state index < -0.39 is 0 Å². The molecule has 4 heteroatoms. The predicted octanol–water partition coefficient (Wildman–Crippen LogP) is 1.82. The van der Waals surface area contributed by atoms with Gasteiger partial charge in [-0.2, -0.15) is 0 Å². The summed E-state index contributed by atoms with van der Waals surface area (Å²) < 4.78 is 0. The first kappa shape index (κ1) is 11.1. The Kier molecular flexibility index (Phi) is 3.61. The van der Waals surface area contributed by atoms with Crippen molar-refractivity contribution in [3.63, 3.8) is 0 Å². The highest BCUT2D eigenvalue weighted by atomic mass is 35.5. The van der Waals surface area contributed by atoms with Crippen LogP contribution < -0.4 is 5.32 Å². The van der Waals surface area contributed by atoms with Gasteiger partial charge in [-0.1, -0.05) is 11.6 Å². The number of aromatic hydroxyl groups is 2. The van der Waals surface area contributed by atoms with Crippen molar-refractivity contribution in [2.75, 3.05) is 13.6 Å². The fraction of sp³-hybridized carbons (Fsp3) is 0.400. The molecule has 78 valence electrons. The van der Waals surface area contributed by atoms with E-state index in [2.05, 4.69) is 5.32 Å². The zero-order valence-electron chi connectivity index (χ0n) is 8.26. The molecule has 1 rings (SSSR count). The minimum absolute atomic E-state index is 0.166. The zero-order valence-corrected chi connectivity index (χ0v) is 9.02. The SMILES string of the molecule is CNCCc1c(C)cc(O)c(O)c1Cl. The van der Waals surface area contributed by atoms with Crippen LogP contribution in [-0.2, 0) is 6.42 Å².